The van der Waals surface area contributed by atoms with Gasteiger partial charge in [0.15, 0.2) is 0 Å². The summed E-state index contributed by atoms with van der Waals surface area (Å²) in [5.74, 6) is 0. The minimum absolute atomic E-state index is 0.0693. The monoisotopic (exact) mass is 230 g/mol. The van der Waals surface area contributed by atoms with Gasteiger partial charge in [-0.15, -0.1) is 6.58 Å². The summed E-state index contributed by atoms with van der Waals surface area (Å²) in [7, 11) is -0.0693. The Morgan fingerprint density at radius 3 is 2.82 bits per heavy atom. The average molecular weight is 230 g/mol. The third kappa shape index (κ3) is 2.99. The van der Waals surface area contributed by atoms with Crippen molar-refractivity contribution in [3.05, 3.63) is 48.6 Å². The molecule has 1 heterocycles. The average Bonchev–Trinajstić information content (AvgIpc) is 2.83. The van der Waals surface area contributed by atoms with Crippen LogP contribution >= 0.6 is 0 Å². The van der Waals surface area contributed by atoms with Crippen molar-refractivity contribution in [1.82, 2.24) is 0 Å². The van der Waals surface area contributed by atoms with Crippen LogP contribution in [0.25, 0.3) is 0 Å². The minimum atomic E-state index is -0.335. The molecule has 0 N–H and O–H groups in total. The minimum Gasteiger partial charge on any atom is -0.411 e. The molecule has 3 heteroatoms. The van der Waals surface area contributed by atoms with Gasteiger partial charge in [0.05, 0.1) is 5.60 Å². The molecule has 0 radical (unpaired) electrons. The van der Waals surface area contributed by atoms with E-state index in [0.29, 0.717) is 0 Å². The zero-order valence-corrected chi connectivity index (χ0v) is 10.4. The van der Waals surface area contributed by atoms with Crippen LogP contribution in [0.3, 0.4) is 0 Å². The molecule has 1 atom stereocenters. The highest BCUT2D eigenvalue weighted by atomic mass is 16.6. The summed E-state index contributed by atoms with van der Waals surface area (Å²) in [6.45, 7) is 6.74. The van der Waals surface area contributed by atoms with Crippen LogP contribution in [0.5, 0.6) is 0 Å². The topological polar surface area (TPSA) is 18.5 Å². The SMILES string of the molecule is C=CCC(C)(OB1CCCO1)c1ccccc1. The fourth-order valence-corrected chi connectivity index (χ4v) is 2.23. The maximum atomic E-state index is 6.13. The first-order valence-corrected chi connectivity index (χ1v) is 6.20. The van der Waals surface area contributed by atoms with Gasteiger partial charge >= 0.3 is 7.12 Å². The van der Waals surface area contributed by atoms with Crippen molar-refractivity contribution in [1.29, 1.82) is 0 Å². The lowest BCUT2D eigenvalue weighted by Gasteiger charge is -2.31. The van der Waals surface area contributed by atoms with Crippen molar-refractivity contribution in [2.45, 2.75) is 31.7 Å². The largest absolute Gasteiger partial charge is 0.457 e. The first-order chi connectivity index (χ1) is 8.24. The smallest absolute Gasteiger partial charge is 0.411 e. The molecule has 90 valence electrons. The van der Waals surface area contributed by atoms with Crippen LogP contribution in [-0.4, -0.2) is 13.7 Å². The van der Waals surface area contributed by atoms with Gasteiger partial charge in [0.1, 0.15) is 0 Å². The maximum absolute atomic E-state index is 6.13. The van der Waals surface area contributed by atoms with Gasteiger partial charge in [0.2, 0.25) is 0 Å². The van der Waals surface area contributed by atoms with Crippen LogP contribution in [0.15, 0.2) is 43.0 Å². The second-order valence-electron chi connectivity index (χ2n) is 4.65. The predicted octanol–water partition coefficient (Wildman–Crippen LogP) is 3.40. The highest BCUT2D eigenvalue weighted by Crippen LogP contribution is 2.32. The van der Waals surface area contributed by atoms with Crippen LogP contribution in [-0.2, 0) is 14.9 Å². The summed E-state index contributed by atoms with van der Waals surface area (Å²) in [5, 5.41) is 0. The molecular formula is C14H19BO2. The second-order valence-corrected chi connectivity index (χ2v) is 4.65. The van der Waals surface area contributed by atoms with Crippen molar-refractivity contribution in [2.24, 2.45) is 0 Å². The Balaban J connectivity index is 2.16. The second kappa shape index (κ2) is 5.52. The molecule has 2 rings (SSSR count). The first-order valence-electron chi connectivity index (χ1n) is 6.20. The standard InChI is InChI=1S/C14H19BO2/c1-3-10-14(2,13-8-5-4-6-9-13)17-15-11-7-12-16-15/h3-6,8-9H,1,7,10-12H2,2H3. The van der Waals surface area contributed by atoms with E-state index in [2.05, 4.69) is 25.6 Å². The lowest BCUT2D eigenvalue weighted by atomic mass is 9.82. The molecule has 1 fully saturated rings. The van der Waals surface area contributed by atoms with E-state index in [1.165, 1.54) is 5.56 Å². The Morgan fingerprint density at radius 2 is 2.24 bits per heavy atom. The number of benzene rings is 1. The van der Waals surface area contributed by atoms with Crippen molar-refractivity contribution in [3.8, 4) is 0 Å². The van der Waals surface area contributed by atoms with E-state index in [1.807, 2.05) is 24.3 Å². The number of rotatable bonds is 5. The molecule has 0 aliphatic carbocycles. The van der Waals surface area contributed by atoms with Gasteiger partial charge in [-0.2, -0.15) is 0 Å². The van der Waals surface area contributed by atoms with E-state index in [9.17, 15) is 0 Å². The van der Waals surface area contributed by atoms with Crippen molar-refractivity contribution in [3.63, 3.8) is 0 Å². The summed E-state index contributed by atoms with van der Waals surface area (Å²) in [6.07, 6.45) is 4.77. The highest BCUT2D eigenvalue weighted by molar-refractivity contribution is 6.45. The third-order valence-corrected chi connectivity index (χ3v) is 3.20. The molecule has 0 saturated carbocycles. The highest BCUT2D eigenvalue weighted by Gasteiger charge is 2.34. The van der Waals surface area contributed by atoms with Crippen molar-refractivity contribution in [2.75, 3.05) is 6.61 Å². The summed E-state index contributed by atoms with van der Waals surface area (Å²) in [6, 6.07) is 10.3. The van der Waals surface area contributed by atoms with E-state index < -0.39 is 0 Å². The van der Waals surface area contributed by atoms with Crippen LogP contribution in [0.1, 0.15) is 25.3 Å². The van der Waals surface area contributed by atoms with Gasteiger partial charge in [0.25, 0.3) is 0 Å². The fourth-order valence-electron chi connectivity index (χ4n) is 2.23. The van der Waals surface area contributed by atoms with E-state index in [4.69, 9.17) is 9.31 Å². The van der Waals surface area contributed by atoms with E-state index in [0.717, 1.165) is 25.8 Å². The predicted molar refractivity (Wildman–Crippen MR) is 70.8 cm³/mol. The lowest BCUT2D eigenvalue weighted by molar-refractivity contribution is 0.0588. The molecular weight excluding hydrogens is 211 g/mol. The lowest BCUT2D eigenvalue weighted by Crippen LogP contribution is -2.33. The van der Waals surface area contributed by atoms with Gasteiger partial charge in [-0.05, 0) is 31.6 Å². The van der Waals surface area contributed by atoms with Crippen LogP contribution < -0.4 is 0 Å². The van der Waals surface area contributed by atoms with Gasteiger partial charge < -0.3 is 9.31 Å². The van der Waals surface area contributed by atoms with Crippen LogP contribution in [0.4, 0.5) is 0 Å². The van der Waals surface area contributed by atoms with Crippen LogP contribution in [0.2, 0.25) is 6.32 Å². The molecule has 1 aliphatic heterocycles. The normalized spacial score (nSPS) is 19.0. The van der Waals surface area contributed by atoms with Crippen molar-refractivity contribution >= 4 is 7.12 Å². The maximum Gasteiger partial charge on any atom is 0.457 e. The molecule has 1 aliphatic rings. The van der Waals surface area contributed by atoms with Crippen molar-refractivity contribution < 1.29 is 9.31 Å². The summed E-state index contributed by atoms with van der Waals surface area (Å²) >= 11 is 0. The Labute approximate surface area is 104 Å². The summed E-state index contributed by atoms with van der Waals surface area (Å²) in [4.78, 5) is 0. The van der Waals surface area contributed by atoms with Gasteiger partial charge in [-0.3, -0.25) is 0 Å². The zero-order chi connectivity index (χ0) is 12.1. The fraction of sp³-hybridized carbons (Fsp3) is 0.429. The molecule has 0 amide bonds. The first kappa shape index (κ1) is 12.4. The molecule has 1 unspecified atom stereocenters. The molecule has 2 nitrogen and oxygen atoms in total. The Bertz CT molecular complexity index is 360. The Morgan fingerprint density at radius 1 is 1.47 bits per heavy atom. The Kier molecular flexibility index (Phi) is 4.03. The van der Waals surface area contributed by atoms with E-state index in [-0.39, 0.29) is 12.7 Å². The molecule has 0 bridgehead atoms. The zero-order valence-electron chi connectivity index (χ0n) is 10.4. The molecule has 1 saturated heterocycles. The molecule has 1 aromatic carbocycles. The summed E-state index contributed by atoms with van der Waals surface area (Å²) in [5.41, 5.74) is 0.841. The van der Waals surface area contributed by atoms with E-state index in [1.54, 1.807) is 0 Å². The quantitative estimate of drug-likeness (QED) is 0.570. The van der Waals surface area contributed by atoms with Crippen LogP contribution in [0, 0.1) is 0 Å². The molecule has 0 aromatic heterocycles. The Hall–Kier alpha value is -1.06. The third-order valence-electron chi connectivity index (χ3n) is 3.20. The van der Waals surface area contributed by atoms with E-state index >= 15 is 0 Å². The molecule has 0 spiro atoms. The van der Waals surface area contributed by atoms with Gasteiger partial charge in [0, 0.05) is 6.61 Å². The molecule has 1 aromatic rings. The van der Waals surface area contributed by atoms with Gasteiger partial charge in [-0.1, -0.05) is 36.4 Å². The molecule has 17 heavy (non-hydrogen) atoms. The summed E-state index contributed by atoms with van der Waals surface area (Å²) < 4.78 is 11.7. The van der Waals surface area contributed by atoms with Gasteiger partial charge in [-0.25, -0.2) is 0 Å². The number of hydrogen-bond acceptors (Lipinski definition) is 2. The number of hydrogen-bond donors (Lipinski definition) is 0.